The van der Waals surface area contributed by atoms with Gasteiger partial charge in [-0.1, -0.05) is 17.7 Å². The smallest absolute Gasteiger partial charge is 0.324 e. The van der Waals surface area contributed by atoms with Crippen LogP contribution in [-0.4, -0.2) is 32.4 Å². The topological polar surface area (TPSA) is 90.3 Å². The molecule has 1 aliphatic heterocycles. The molecule has 1 aromatic carbocycles. The molecule has 0 unspecified atom stereocenters. The number of carbonyl (C=O) groups excluding carboxylic acids is 1. The summed E-state index contributed by atoms with van der Waals surface area (Å²) in [5.41, 5.74) is 0.943. The van der Waals surface area contributed by atoms with E-state index in [-0.39, 0.29) is 10.8 Å². The molecule has 7 heteroatoms. The molecule has 21 heavy (non-hydrogen) atoms. The molecule has 0 spiro atoms. The first-order valence-corrected chi connectivity index (χ1v) is 8.19. The monoisotopic (exact) mass is 307 g/mol. The molecule has 1 heterocycles. The third kappa shape index (κ3) is 3.73. The minimum Gasteiger partial charge on any atom is -0.324 e. The Morgan fingerprint density at radius 3 is 2.38 bits per heavy atom. The van der Waals surface area contributed by atoms with E-state index in [9.17, 15) is 13.2 Å². The third-order valence-corrected chi connectivity index (χ3v) is 4.85. The fourth-order valence-electron chi connectivity index (χ4n) is 2.17. The zero-order valence-corrected chi connectivity index (χ0v) is 12.6. The minimum absolute atomic E-state index is 0.0530. The van der Waals surface area contributed by atoms with Gasteiger partial charge in [0, 0.05) is 19.0 Å². The maximum absolute atomic E-state index is 12.1. The highest BCUT2D eigenvalue weighted by molar-refractivity contribution is 7.90. The van der Waals surface area contributed by atoms with Gasteiger partial charge in [0.25, 0.3) is 10.0 Å². The molecule has 2 amide bonds. The molecule has 1 saturated heterocycles. The SMILES string of the molecule is Cc1ccc(S(=O)(=O)NC(=O)N2CCC(C#N)CC2)cc1. The maximum atomic E-state index is 12.1. The van der Waals surface area contributed by atoms with Gasteiger partial charge in [0.15, 0.2) is 0 Å². The second-order valence-electron chi connectivity index (χ2n) is 5.11. The van der Waals surface area contributed by atoms with Crippen LogP contribution >= 0.6 is 0 Å². The summed E-state index contributed by atoms with van der Waals surface area (Å²) in [6, 6.07) is 7.82. The molecule has 0 atom stereocenters. The molecular formula is C14H17N3O3S. The first-order chi connectivity index (χ1) is 9.92. The predicted molar refractivity (Wildman–Crippen MR) is 76.8 cm³/mol. The van der Waals surface area contributed by atoms with Crippen LogP contribution in [0.3, 0.4) is 0 Å². The molecule has 1 fully saturated rings. The Labute approximate surface area is 124 Å². The summed E-state index contributed by atoms with van der Waals surface area (Å²) in [6.07, 6.45) is 1.16. The molecule has 0 saturated carbocycles. The molecule has 2 rings (SSSR count). The number of sulfonamides is 1. The van der Waals surface area contributed by atoms with Crippen molar-refractivity contribution >= 4 is 16.1 Å². The lowest BCUT2D eigenvalue weighted by molar-refractivity contribution is 0.184. The van der Waals surface area contributed by atoms with Crippen molar-refractivity contribution in [1.29, 1.82) is 5.26 Å². The van der Waals surface area contributed by atoms with Gasteiger partial charge >= 0.3 is 6.03 Å². The normalized spacial score (nSPS) is 16.3. The fourth-order valence-corrected chi connectivity index (χ4v) is 3.14. The molecular weight excluding hydrogens is 290 g/mol. The molecule has 1 aliphatic rings. The number of aryl methyl sites for hydroxylation is 1. The molecule has 0 aromatic heterocycles. The van der Waals surface area contributed by atoms with Gasteiger partial charge in [0.05, 0.1) is 11.0 Å². The number of urea groups is 1. The highest BCUT2D eigenvalue weighted by Gasteiger charge is 2.26. The van der Waals surface area contributed by atoms with Crippen LogP contribution in [0.15, 0.2) is 29.2 Å². The number of piperidine rings is 1. The molecule has 0 aliphatic carbocycles. The third-order valence-electron chi connectivity index (χ3n) is 3.52. The summed E-state index contributed by atoms with van der Waals surface area (Å²) in [5, 5.41) is 8.81. The molecule has 1 aromatic rings. The lowest BCUT2D eigenvalue weighted by Gasteiger charge is -2.28. The highest BCUT2D eigenvalue weighted by Crippen LogP contribution is 2.17. The van der Waals surface area contributed by atoms with Crippen LogP contribution in [-0.2, 0) is 10.0 Å². The number of likely N-dealkylation sites (tertiary alicyclic amines) is 1. The Balaban J connectivity index is 2.02. The quantitative estimate of drug-likeness (QED) is 0.899. The number of rotatable bonds is 2. The molecule has 1 N–H and O–H groups in total. The predicted octanol–water partition coefficient (Wildman–Crippen LogP) is 1.63. The van der Waals surface area contributed by atoms with Crippen molar-refractivity contribution in [1.82, 2.24) is 9.62 Å². The van der Waals surface area contributed by atoms with Crippen molar-refractivity contribution in [3.63, 3.8) is 0 Å². The summed E-state index contributed by atoms with van der Waals surface area (Å²) in [5.74, 6) is -0.0530. The van der Waals surface area contributed by atoms with Gasteiger partial charge < -0.3 is 4.90 Å². The Kier molecular flexibility index (Phi) is 4.48. The zero-order chi connectivity index (χ0) is 15.5. The van der Waals surface area contributed by atoms with E-state index in [2.05, 4.69) is 10.8 Å². The van der Waals surface area contributed by atoms with Crippen LogP contribution in [0.2, 0.25) is 0 Å². The lowest BCUT2D eigenvalue weighted by Crippen LogP contribution is -2.46. The summed E-state index contributed by atoms with van der Waals surface area (Å²) in [7, 11) is -3.85. The number of carbonyl (C=O) groups is 1. The van der Waals surface area contributed by atoms with E-state index >= 15 is 0 Å². The number of amides is 2. The average Bonchev–Trinajstić information content (AvgIpc) is 2.47. The van der Waals surface area contributed by atoms with Crippen LogP contribution in [0.5, 0.6) is 0 Å². The summed E-state index contributed by atoms with van der Waals surface area (Å²) in [6.45, 7) is 2.65. The Bertz CT molecular complexity index is 654. The van der Waals surface area contributed by atoms with Gasteiger partial charge in [-0.3, -0.25) is 0 Å². The molecule has 0 bridgehead atoms. The van der Waals surface area contributed by atoms with Crippen LogP contribution in [0.4, 0.5) is 4.79 Å². The minimum atomic E-state index is -3.85. The van der Waals surface area contributed by atoms with Crippen molar-refractivity contribution in [3.05, 3.63) is 29.8 Å². The van der Waals surface area contributed by atoms with Gasteiger partial charge in [-0.25, -0.2) is 17.9 Å². The maximum Gasteiger partial charge on any atom is 0.331 e. The van der Waals surface area contributed by atoms with Gasteiger partial charge in [-0.2, -0.15) is 5.26 Å². The van der Waals surface area contributed by atoms with Crippen LogP contribution in [0.25, 0.3) is 0 Å². The number of nitrogens with zero attached hydrogens (tertiary/aromatic N) is 2. The van der Waals surface area contributed by atoms with Crippen LogP contribution in [0, 0.1) is 24.2 Å². The average molecular weight is 307 g/mol. The van der Waals surface area contributed by atoms with Crippen molar-refractivity contribution in [2.45, 2.75) is 24.7 Å². The van der Waals surface area contributed by atoms with Gasteiger partial charge in [0.2, 0.25) is 0 Å². The largest absolute Gasteiger partial charge is 0.331 e. The standard InChI is InChI=1S/C14H17N3O3S/c1-11-2-4-13(5-3-11)21(19,20)16-14(18)17-8-6-12(10-15)7-9-17/h2-5,12H,6-9H2,1H3,(H,16,18). The van der Waals surface area contributed by atoms with E-state index in [1.807, 2.05) is 6.92 Å². The highest BCUT2D eigenvalue weighted by atomic mass is 32.2. The number of benzene rings is 1. The molecule has 112 valence electrons. The zero-order valence-electron chi connectivity index (χ0n) is 11.7. The van der Waals surface area contributed by atoms with Crippen molar-refractivity contribution in [2.24, 2.45) is 5.92 Å². The number of hydrogen-bond donors (Lipinski definition) is 1. The second-order valence-corrected chi connectivity index (χ2v) is 6.80. The van der Waals surface area contributed by atoms with Crippen LogP contribution < -0.4 is 4.72 Å². The molecule has 6 nitrogen and oxygen atoms in total. The summed E-state index contributed by atoms with van der Waals surface area (Å²) in [4.78, 5) is 13.5. The summed E-state index contributed by atoms with van der Waals surface area (Å²) < 4.78 is 26.3. The van der Waals surface area contributed by atoms with Crippen molar-refractivity contribution < 1.29 is 13.2 Å². The Hall–Kier alpha value is -2.07. The lowest BCUT2D eigenvalue weighted by atomic mass is 9.99. The second kappa shape index (κ2) is 6.14. The van der Waals surface area contributed by atoms with E-state index in [0.717, 1.165) is 5.56 Å². The Morgan fingerprint density at radius 1 is 1.29 bits per heavy atom. The van der Waals surface area contributed by atoms with E-state index in [1.165, 1.54) is 17.0 Å². The Morgan fingerprint density at radius 2 is 1.86 bits per heavy atom. The fraction of sp³-hybridized carbons (Fsp3) is 0.429. The van der Waals surface area contributed by atoms with Crippen molar-refractivity contribution in [3.8, 4) is 6.07 Å². The number of nitriles is 1. The first-order valence-electron chi connectivity index (χ1n) is 6.70. The van der Waals surface area contributed by atoms with Gasteiger partial charge in [0.1, 0.15) is 0 Å². The number of nitrogens with one attached hydrogen (secondary N) is 1. The van der Waals surface area contributed by atoms with Gasteiger partial charge in [-0.05, 0) is 31.9 Å². The van der Waals surface area contributed by atoms with E-state index in [0.29, 0.717) is 25.9 Å². The number of hydrogen-bond acceptors (Lipinski definition) is 4. The first kappa shape index (κ1) is 15.3. The molecule has 0 radical (unpaired) electrons. The van der Waals surface area contributed by atoms with Crippen molar-refractivity contribution in [2.75, 3.05) is 13.1 Å². The van der Waals surface area contributed by atoms with E-state index < -0.39 is 16.1 Å². The van der Waals surface area contributed by atoms with E-state index in [1.54, 1.807) is 12.1 Å². The van der Waals surface area contributed by atoms with Crippen LogP contribution in [0.1, 0.15) is 18.4 Å². The van der Waals surface area contributed by atoms with E-state index in [4.69, 9.17) is 5.26 Å². The van der Waals surface area contributed by atoms with Gasteiger partial charge in [-0.15, -0.1) is 0 Å². The summed E-state index contributed by atoms with van der Waals surface area (Å²) >= 11 is 0.